The molecule has 0 aliphatic heterocycles. The van der Waals surface area contributed by atoms with Gasteiger partial charge in [0.15, 0.2) is 11.5 Å². The maximum absolute atomic E-state index is 12.8. The van der Waals surface area contributed by atoms with Gasteiger partial charge < -0.3 is 25.2 Å². The van der Waals surface area contributed by atoms with Crippen LogP contribution < -0.4 is 5.73 Å². The van der Waals surface area contributed by atoms with Crippen LogP contribution >= 0.6 is 7.60 Å². The van der Waals surface area contributed by atoms with Crippen molar-refractivity contribution in [1.29, 1.82) is 0 Å². The highest BCUT2D eigenvalue weighted by molar-refractivity contribution is 7.52. The van der Waals surface area contributed by atoms with Crippen molar-refractivity contribution in [3.8, 4) is 0 Å². The van der Waals surface area contributed by atoms with Crippen molar-refractivity contribution < 1.29 is 23.5 Å². The van der Waals surface area contributed by atoms with Crippen LogP contribution in [0.15, 0.2) is 6.33 Å². The molecule has 0 saturated heterocycles. The predicted molar refractivity (Wildman–Crippen MR) is 67.3 cm³/mol. The van der Waals surface area contributed by atoms with Crippen molar-refractivity contribution in [3.05, 3.63) is 12.2 Å². The van der Waals surface area contributed by atoms with Crippen LogP contribution in [0.25, 0.3) is 11.2 Å². The number of hydrogen-bond acceptors (Lipinski definition) is 6. The van der Waals surface area contributed by atoms with Crippen LogP contribution in [0.5, 0.6) is 0 Å². The highest BCUT2D eigenvalue weighted by Gasteiger charge is 2.29. The van der Waals surface area contributed by atoms with Gasteiger partial charge >= 0.3 is 13.7 Å². The molecule has 0 fully saturated rings. The zero-order chi connectivity index (χ0) is 14.8. The molecule has 1 atom stereocenters. The molecule has 0 spiro atoms. The van der Waals surface area contributed by atoms with Gasteiger partial charge in [0.1, 0.15) is 11.3 Å². The molecule has 110 valence electrons. The summed E-state index contributed by atoms with van der Waals surface area (Å²) in [6, 6.07) is 0. The first kappa shape index (κ1) is 14.8. The first-order chi connectivity index (χ1) is 9.38. The maximum Gasteiger partial charge on any atom is 0.386 e. The largest absolute Gasteiger partial charge is 0.386 e. The molecule has 2 heterocycles. The molecule has 2 aromatic rings. The summed E-state index contributed by atoms with van der Waals surface area (Å²) in [5.41, 5.74) is 6.65. The van der Waals surface area contributed by atoms with Crippen molar-refractivity contribution >= 4 is 24.6 Å². The fourth-order valence-corrected chi connectivity index (χ4v) is 1.82. The number of nitrogens with two attached hydrogens (primary N) is 1. The molecule has 0 aromatic carbocycles. The third-order valence-corrected chi connectivity index (χ3v) is 3.10. The summed E-state index contributed by atoms with van der Waals surface area (Å²) in [7, 11) is -4.86. The number of ether oxygens (including phenoxy) is 1. The number of imidazole rings is 1. The number of alkyl halides is 1. The molecule has 5 N–H and O–H groups in total. The van der Waals surface area contributed by atoms with Gasteiger partial charge in [-0.1, -0.05) is 0 Å². The quantitative estimate of drug-likeness (QED) is 0.440. The lowest BCUT2D eigenvalue weighted by molar-refractivity contribution is 0.00206. The van der Waals surface area contributed by atoms with Gasteiger partial charge in [0.25, 0.3) is 0 Å². The summed E-state index contributed by atoms with van der Waals surface area (Å²) in [5, 5.41) is 0. The molecule has 1 unspecified atom stereocenters. The minimum atomic E-state index is -4.86. The molecular weight excluding hydrogens is 292 g/mol. The lowest BCUT2D eigenvalue weighted by atomic mass is 10.3. The van der Waals surface area contributed by atoms with E-state index in [4.69, 9.17) is 15.5 Å². The van der Waals surface area contributed by atoms with Crippen LogP contribution in [0.2, 0.25) is 0 Å². The summed E-state index contributed by atoms with van der Waals surface area (Å²) < 4.78 is 27.7. The van der Waals surface area contributed by atoms with E-state index < -0.39 is 13.7 Å². The minimum Gasteiger partial charge on any atom is -0.382 e. The first-order valence-corrected chi connectivity index (χ1v) is 7.32. The van der Waals surface area contributed by atoms with E-state index in [9.17, 15) is 8.96 Å². The van der Waals surface area contributed by atoms with Crippen LogP contribution in [0, 0.1) is 0 Å². The van der Waals surface area contributed by atoms with Gasteiger partial charge in [0.05, 0.1) is 12.9 Å². The molecule has 2 rings (SSSR count). The number of aromatic amines is 1. The van der Waals surface area contributed by atoms with Crippen LogP contribution in [0.3, 0.4) is 0 Å². The highest BCUT2D eigenvalue weighted by Crippen LogP contribution is 2.42. The Kier molecular flexibility index (Phi) is 4.29. The molecule has 20 heavy (non-hydrogen) atoms. The number of hydrogen-bond donors (Lipinski definition) is 4. The number of H-pyrrole nitrogens is 1. The van der Waals surface area contributed by atoms with E-state index in [1.165, 1.54) is 6.33 Å². The molecule has 0 radical (unpaired) electrons. The van der Waals surface area contributed by atoms with Gasteiger partial charge in [-0.2, -0.15) is 0 Å². The number of aromatic nitrogens is 4. The predicted octanol–water partition coefficient (Wildman–Crippen LogP) is 0.315. The fourth-order valence-electron chi connectivity index (χ4n) is 1.52. The first-order valence-electron chi connectivity index (χ1n) is 5.64. The number of nitrogens with zero attached hydrogens (tertiary/aromatic N) is 3. The standard InChI is InChI=1S/C9H13FN5O4P/c10-9(20(16,17)18)19-3-1-2-5-14-7(11)6-8(15-5)13-4-12-6/h4,9H,1-3H2,(H2,16,17,18)(H3,11,12,13,14,15). The lowest BCUT2D eigenvalue weighted by Gasteiger charge is -2.10. The van der Waals surface area contributed by atoms with Gasteiger partial charge in [-0.3, -0.25) is 4.57 Å². The Labute approximate surface area is 112 Å². The van der Waals surface area contributed by atoms with Gasteiger partial charge in [0, 0.05) is 6.42 Å². The number of fused-ring (bicyclic) bond motifs is 1. The van der Waals surface area contributed by atoms with Gasteiger partial charge in [-0.25, -0.2) is 19.3 Å². The second-order valence-electron chi connectivity index (χ2n) is 3.98. The van der Waals surface area contributed by atoms with Crippen molar-refractivity contribution in [2.75, 3.05) is 12.3 Å². The maximum atomic E-state index is 12.8. The Balaban J connectivity index is 1.88. The Morgan fingerprint density at radius 3 is 2.95 bits per heavy atom. The number of anilines is 1. The van der Waals surface area contributed by atoms with E-state index in [-0.39, 0.29) is 18.8 Å². The van der Waals surface area contributed by atoms with Crippen molar-refractivity contribution in [2.24, 2.45) is 0 Å². The van der Waals surface area contributed by atoms with E-state index in [2.05, 4.69) is 24.7 Å². The number of nitrogen functional groups attached to an aromatic ring is 1. The average Bonchev–Trinajstić information content (AvgIpc) is 2.82. The van der Waals surface area contributed by atoms with Crippen LogP contribution in [0.4, 0.5) is 10.2 Å². The summed E-state index contributed by atoms with van der Waals surface area (Å²) in [6.07, 6.45) is -0.560. The number of nitrogens with one attached hydrogen (secondary N) is 1. The van der Waals surface area contributed by atoms with E-state index in [1.54, 1.807) is 0 Å². The number of aryl methyl sites for hydroxylation is 1. The van der Waals surface area contributed by atoms with E-state index in [0.717, 1.165) is 0 Å². The second-order valence-corrected chi connectivity index (χ2v) is 5.57. The monoisotopic (exact) mass is 305 g/mol. The zero-order valence-electron chi connectivity index (χ0n) is 10.2. The molecule has 2 aromatic heterocycles. The normalized spacial score (nSPS) is 13.8. The Morgan fingerprint density at radius 1 is 1.50 bits per heavy atom. The van der Waals surface area contributed by atoms with Crippen molar-refractivity contribution in [2.45, 2.75) is 18.9 Å². The van der Waals surface area contributed by atoms with Crippen molar-refractivity contribution in [3.63, 3.8) is 0 Å². The average molecular weight is 305 g/mol. The Bertz CT molecular complexity index is 644. The van der Waals surface area contributed by atoms with E-state index >= 15 is 0 Å². The van der Waals surface area contributed by atoms with Crippen LogP contribution in [-0.4, -0.2) is 42.4 Å². The molecule has 0 bridgehead atoms. The van der Waals surface area contributed by atoms with Gasteiger partial charge in [-0.15, -0.1) is 0 Å². The third kappa shape index (κ3) is 3.48. The van der Waals surface area contributed by atoms with E-state index in [0.29, 0.717) is 23.4 Å². The summed E-state index contributed by atoms with van der Waals surface area (Å²) in [4.78, 5) is 31.9. The number of halogens is 1. The third-order valence-electron chi connectivity index (χ3n) is 2.42. The minimum absolute atomic E-state index is 0.172. The molecule has 0 aliphatic carbocycles. The Morgan fingerprint density at radius 2 is 2.25 bits per heavy atom. The van der Waals surface area contributed by atoms with E-state index in [1.807, 2.05) is 0 Å². The zero-order valence-corrected chi connectivity index (χ0v) is 11.1. The summed E-state index contributed by atoms with van der Waals surface area (Å²) >= 11 is 0. The smallest absolute Gasteiger partial charge is 0.382 e. The van der Waals surface area contributed by atoms with Gasteiger partial charge in [-0.05, 0) is 6.42 Å². The number of rotatable bonds is 6. The van der Waals surface area contributed by atoms with Gasteiger partial charge in [0.2, 0.25) is 0 Å². The Hall–Kier alpha value is -1.61. The van der Waals surface area contributed by atoms with Crippen LogP contribution in [-0.2, 0) is 15.7 Å². The summed E-state index contributed by atoms with van der Waals surface area (Å²) in [6.45, 7) is -0.172. The molecule has 11 heteroatoms. The molecule has 0 aliphatic rings. The molecule has 0 saturated carbocycles. The molecule has 0 amide bonds. The molecular formula is C9H13FN5O4P. The van der Waals surface area contributed by atoms with Crippen molar-refractivity contribution in [1.82, 2.24) is 19.9 Å². The van der Waals surface area contributed by atoms with Crippen LogP contribution in [0.1, 0.15) is 12.2 Å². The SMILES string of the molecule is Nc1nc(CCCOC(F)P(=O)(O)O)nc2nc[nH]c12. The fraction of sp³-hybridized carbons (Fsp3) is 0.444. The summed E-state index contributed by atoms with van der Waals surface area (Å²) in [5.74, 6) is 0.652. The lowest BCUT2D eigenvalue weighted by Crippen LogP contribution is -2.09. The molecule has 9 nitrogen and oxygen atoms in total. The highest BCUT2D eigenvalue weighted by atomic mass is 31.2. The second kappa shape index (κ2) is 5.80. The topological polar surface area (TPSA) is 147 Å².